The summed E-state index contributed by atoms with van der Waals surface area (Å²) < 4.78 is 5.31. The first-order valence-electron chi connectivity index (χ1n) is 9.35. The predicted molar refractivity (Wildman–Crippen MR) is 97.6 cm³/mol. The molecule has 1 saturated carbocycles. The molecule has 1 heterocycles. The van der Waals surface area contributed by atoms with Crippen molar-refractivity contribution < 1.29 is 14.3 Å². The molecule has 0 aromatic heterocycles. The van der Waals surface area contributed by atoms with Crippen LogP contribution in [0.15, 0.2) is 0 Å². The summed E-state index contributed by atoms with van der Waals surface area (Å²) in [6.45, 7) is 7.76. The number of carbonyl (C=O) groups is 2. The van der Waals surface area contributed by atoms with Crippen molar-refractivity contribution in [2.75, 3.05) is 33.7 Å². The Morgan fingerprint density at radius 3 is 2.24 bits per heavy atom. The summed E-state index contributed by atoms with van der Waals surface area (Å²) in [6.07, 6.45) is 3.98. The van der Waals surface area contributed by atoms with Gasteiger partial charge < -0.3 is 25.2 Å². The highest BCUT2D eigenvalue weighted by molar-refractivity contribution is 5.73. The van der Waals surface area contributed by atoms with Crippen LogP contribution in [0.4, 0.5) is 9.59 Å². The summed E-state index contributed by atoms with van der Waals surface area (Å²) in [5.74, 6) is 0.636. The fraction of sp³-hybridized carbons (Fsp3) is 0.889. The highest BCUT2D eigenvalue weighted by Gasteiger charge is 2.34. The molecule has 2 rings (SSSR count). The number of urea groups is 1. The van der Waals surface area contributed by atoms with Crippen LogP contribution in [0.1, 0.15) is 46.5 Å². The van der Waals surface area contributed by atoms with Crippen LogP contribution < -0.4 is 10.6 Å². The van der Waals surface area contributed by atoms with Gasteiger partial charge in [-0.3, -0.25) is 0 Å². The number of nitrogens with one attached hydrogen (secondary N) is 2. The standard InChI is InChI=1S/C18H34N4O3/c1-18(2,3)25-16(23)19-12-15(13-6-7-13)20-14-8-10-22(11-9-14)17(24)21(4)5/h13-15,20H,6-12H2,1-5H3,(H,19,23). The average molecular weight is 354 g/mol. The first-order valence-corrected chi connectivity index (χ1v) is 9.35. The summed E-state index contributed by atoms with van der Waals surface area (Å²) in [7, 11) is 3.58. The highest BCUT2D eigenvalue weighted by atomic mass is 16.6. The number of amides is 3. The van der Waals surface area contributed by atoms with Gasteiger partial charge in [0.15, 0.2) is 0 Å². The van der Waals surface area contributed by atoms with Crippen molar-refractivity contribution in [1.82, 2.24) is 20.4 Å². The lowest BCUT2D eigenvalue weighted by Gasteiger charge is -2.36. The number of likely N-dealkylation sites (tertiary alicyclic amines) is 1. The van der Waals surface area contributed by atoms with Crippen molar-refractivity contribution in [2.24, 2.45) is 5.92 Å². The topological polar surface area (TPSA) is 73.9 Å². The SMILES string of the molecule is CN(C)C(=O)N1CCC(NC(CNC(=O)OC(C)(C)C)C2CC2)CC1. The van der Waals surface area contributed by atoms with Crippen molar-refractivity contribution in [2.45, 2.75) is 64.1 Å². The third-order valence-corrected chi connectivity index (χ3v) is 4.65. The molecule has 0 spiro atoms. The Kier molecular flexibility index (Phi) is 6.54. The van der Waals surface area contributed by atoms with E-state index in [9.17, 15) is 9.59 Å². The van der Waals surface area contributed by atoms with Gasteiger partial charge in [-0.1, -0.05) is 0 Å². The molecule has 0 aromatic rings. The molecule has 1 aliphatic carbocycles. The molecule has 2 aliphatic rings. The van der Waals surface area contributed by atoms with Gasteiger partial charge in [0.1, 0.15) is 5.60 Å². The Morgan fingerprint density at radius 2 is 1.76 bits per heavy atom. The zero-order valence-corrected chi connectivity index (χ0v) is 16.3. The lowest BCUT2D eigenvalue weighted by atomic mass is 10.0. The van der Waals surface area contributed by atoms with Crippen LogP contribution in [0.5, 0.6) is 0 Å². The molecule has 7 nitrogen and oxygen atoms in total. The third-order valence-electron chi connectivity index (χ3n) is 4.65. The van der Waals surface area contributed by atoms with Crippen LogP contribution in [0.3, 0.4) is 0 Å². The summed E-state index contributed by atoms with van der Waals surface area (Å²) in [5.41, 5.74) is -0.474. The van der Waals surface area contributed by atoms with Crippen LogP contribution in [0, 0.1) is 5.92 Å². The lowest BCUT2D eigenvalue weighted by molar-refractivity contribution is 0.0518. The van der Waals surface area contributed by atoms with E-state index in [1.807, 2.05) is 25.7 Å². The Balaban J connectivity index is 1.75. The van der Waals surface area contributed by atoms with Gasteiger partial charge in [0.2, 0.25) is 0 Å². The number of nitrogens with zero attached hydrogens (tertiary/aromatic N) is 2. The van der Waals surface area contributed by atoms with Gasteiger partial charge in [0.25, 0.3) is 0 Å². The van der Waals surface area contributed by atoms with E-state index < -0.39 is 5.60 Å². The maximum Gasteiger partial charge on any atom is 0.407 e. The summed E-state index contributed by atoms with van der Waals surface area (Å²) in [4.78, 5) is 27.4. The maximum atomic E-state index is 12.0. The quantitative estimate of drug-likeness (QED) is 0.792. The van der Waals surface area contributed by atoms with Crippen molar-refractivity contribution >= 4 is 12.1 Å². The number of hydrogen-bond acceptors (Lipinski definition) is 4. The predicted octanol–water partition coefficient (Wildman–Crippen LogP) is 2.03. The summed E-state index contributed by atoms with van der Waals surface area (Å²) in [5, 5.41) is 6.60. The van der Waals surface area contributed by atoms with Gasteiger partial charge in [0, 0.05) is 45.8 Å². The molecule has 1 atom stereocenters. The molecule has 1 aliphatic heterocycles. The van der Waals surface area contributed by atoms with Gasteiger partial charge in [-0.05, 0) is 52.4 Å². The smallest absolute Gasteiger partial charge is 0.407 e. The van der Waals surface area contributed by atoms with Gasteiger partial charge in [-0.15, -0.1) is 0 Å². The van der Waals surface area contributed by atoms with Crippen LogP contribution in [0.25, 0.3) is 0 Å². The molecule has 1 saturated heterocycles. The third kappa shape index (κ3) is 6.72. The molecule has 0 radical (unpaired) electrons. The van der Waals surface area contributed by atoms with E-state index in [1.54, 1.807) is 19.0 Å². The second-order valence-corrected chi connectivity index (χ2v) is 8.43. The molecule has 3 amide bonds. The lowest BCUT2D eigenvalue weighted by Crippen LogP contribution is -2.52. The minimum absolute atomic E-state index is 0.0868. The minimum Gasteiger partial charge on any atom is -0.444 e. The van der Waals surface area contributed by atoms with Crippen molar-refractivity contribution in [1.29, 1.82) is 0 Å². The van der Waals surface area contributed by atoms with E-state index in [1.165, 1.54) is 12.8 Å². The molecule has 144 valence electrons. The van der Waals surface area contributed by atoms with Crippen molar-refractivity contribution in [3.63, 3.8) is 0 Å². The fourth-order valence-electron chi connectivity index (χ4n) is 3.19. The second kappa shape index (κ2) is 8.25. The number of carbonyl (C=O) groups excluding carboxylic acids is 2. The average Bonchev–Trinajstić information content (AvgIpc) is 3.34. The van der Waals surface area contributed by atoms with E-state index in [0.29, 0.717) is 18.5 Å². The molecule has 25 heavy (non-hydrogen) atoms. The van der Waals surface area contributed by atoms with Gasteiger partial charge in [-0.25, -0.2) is 9.59 Å². The van der Waals surface area contributed by atoms with E-state index >= 15 is 0 Å². The van der Waals surface area contributed by atoms with E-state index in [0.717, 1.165) is 25.9 Å². The van der Waals surface area contributed by atoms with Crippen LogP contribution in [-0.2, 0) is 4.74 Å². The van der Waals surface area contributed by atoms with Crippen molar-refractivity contribution in [3.8, 4) is 0 Å². The molecule has 2 fully saturated rings. The fourth-order valence-corrected chi connectivity index (χ4v) is 3.19. The summed E-state index contributed by atoms with van der Waals surface area (Å²) >= 11 is 0. The summed E-state index contributed by atoms with van der Waals surface area (Å²) in [6, 6.07) is 0.773. The van der Waals surface area contributed by atoms with Crippen LogP contribution in [-0.4, -0.2) is 73.3 Å². The van der Waals surface area contributed by atoms with Crippen LogP contribution in [0.2, 0.25) is 0 Å². The molecule has 0 aromatic carbocycles. The first kappa shape index (κ1) is 19.8. The Labute approximate surface area is 151 Å². The van der Waals surface area contributed by atoms with Gasteiger partial charge >= 0.3 is 12.1 Å². The minimum atomic E-state index is -0.474. The highest BCUT2D eigenvalue weighted by Crippen LogP contribution is 2.33. The van der Waals surface area contributed by atoms with Gasteiger partial charge in [0.05, 0.1) is 0 Å². The first-order chi connectivity index (χ1) is 11.7. The molecule has 0 bridgehead atoms. The van der Waals surface area contributed by atoms with E-state index in [-0.39, 0.29) is 18.2 Å². The van der Waals surface area contributed by atoms with Gasteiger partial charge in [-0.2, -0.15) is 0 Å². The Bertz CT molecular complexity index is 463. The Morgan fingerprint density at radius 1 is 1.16 bits per heavy atom. The zero-order valence-electron chi connectivity index (χ0n) is 16.3. The number of piperidine rings is 1. The zero-order chi connectivity index (χ0) is 18.6. The molecular weight excluding hydrogens is 320 g/mol. The monoisotopic (exact) mass is 354 g/mol. The molecule has 2 N–H and O–H groups in total. The number of ether oxygens (including phenoxy) is 1. The van der Waals surface area contributed by atoms with Crippen LogP contribution >= 0.6 is 0 Å². The van der Waals surface area contributed by atoms with Crippen molar-refractivity contribution in [3.05, 3.63) is 0 Å². The molecule has 1 unspecified atom stereocenters. The molecule has 7 heteroatoms. The number of hydrogen-bond donors (Lipinski definition) is 2. The normalized spacial score (nSPS) is 20.1. The van der Waals surface area contributed by atoms with E-state index in [2.05, 4.69) is 10.6 Å². The van der Waals surface area contributed by atoms with E-state index in [4.69, 9.17) is 4.74 Å². The molecular formula is C18H34N4O3. The Hall–Kier alpha value is -1.50. The number of alkyl carbamates (subject to hydrolysis) is 1. The number of rotatable bonds is 5. The maximum absolute atomic E-state index is 12.0. The second-order valence-electron chi connectivity index (χ2n) is 8.43. The largest absolute Gasteiger partial charge is 0.444 e.